The molecule has 0 fully saturated rings. The largest absolute Gasteiger partial charge is 0.355 e. The van der Waals surface area contributed by atoms with Gasteiger partial charge in [0.25, 0.3) is 0 Å². The summed E-state index contributed by atoms with van der Waals surface area (Å²) in [6.45, 7) is 7.98. The third-order valence-electron chi connectivity index (χ3n) is 4.45. The molecule has 0 saturated carbocycles. The highest BCUT2D eigenvalue weighted by atomic mass is 19.1. The molecule has 0 unspecified atom stereocenters. The maximum Gasteiger partial charge on any atom is 0.242 e. The molecule has 0 aromatic heterocycles. The van der Waals surface area contributed by atoms with Crippen LogP contribution in [0.3, 0.4) is 0 Å². The lowest BCUT2D eigenvalue weighted by molar-refractivity contribution is -0.140. The number of benzene rings is 2. The number of amides is 2. The van der Waals surface area contributed by atoms with E-state index in [0.29, 0.717) is 12.1 Å². The molecule has 0 spiro atoms. The summed E-state index contributed by atoms with van der Waals surface area (Å²) in [5, 5.41) is 2.74. The Morgan fingerprint density at radius 1 is 1.11 bits per heavy atom. The quantitative estimate of drug-likeness (QED) is 0.810. The second-order valence-corrected chi connectivity index (χ2v) is 6.86. The van der Waals surface area contributed by atoms with E-state index in [1.807, 2.05) is 39.0 Å². The first kappa shape index (κ1) is 20.6. The van der Waals surface area contributed by atoms with Gasteiger partial charge in [0.1, 0.15) is 11.9 Å². The zero-order valence-electron chi connectivity index (χ0n) is 16.4. The van der Waals surface area contributed by atoms with Crippen LogP contribution in [0.5, 0.6) is 0 Å². The lowest BCUT2D eigenvalue weighted by atomic mass is 10.0. The lowest BCUT2D eigenvalue weighted by Gasteiger charge is -2.29. The van der Waals surface area contributed by atoms with Crippen LogP contribution in [-0.2, 0) is 22.6 Å². The standard InChI is InChI=1S/C22H27FN2O2/c1-5-24-22(27)17(4)25(14-19-8-6-7-9-20(19)23)21(26)13-18-11-15(2)10-16(3)12-18/h6-12,17H,5,13-14H2,1-4H3,(H,24,27)/t17-/m1/s1. The second-order valence-electron chi connectivity index (χ2n) is 6.86. The monoisotopic (exact) mass is 370 g/mol. The van der Waals surface area contributed by atoms with Crippen LogP contribution in [0.1, 0.15) is 36.1 Å². The minimum absolute atomic E-state index is 0.0502. The highest BCUT2D eigenvalue weighted by Gasteiger charge is 2.26. The molecule has 2 amide bonds. The molecule has 2 rings (SSSR count). The molecule has 0 aliphatic rings. The molecule has 2 aromatic rings. The summed E-state index contributed by atoms with van der Waals surface area (Å²) < 4.78 is 14.1. The van der Waals surface area contributed by atoms with Crippen molar-refractivity contribution in [3.05, 3.63) is 70.5 Å². The number of rotatable bonds is 7. The highest BCUT2D eigenvalue weighted by molar-refractivity contribution is 5.88. The van der Waals surface area contributed by atoms with E-state index >= 15 is 0 Å². The summed E-state index contributed by atoms with van der Waals surface area (Å²) in [5.41, 5.74) is 3.44. The molecule has 0 heterocycles. The molecule has 4 nitrogen and oxygen atoms in total. The first-order valence-corrected chi connectivity index (χ1v) is 9.19. The lowest BCUT2D eigenvalue weighted by Crippen LogP contribution is -2.48. The molecule has 0 aliphatic carbocycles. The van der Waals surface area contributed by atoms with Crippen molar-refractivity contribution in [1.82, 2.24) is 10.2 Å². The zero-order chi connectivity index (χ0) is 20.0. The average Bonchev–Trinajstić information content (AvgIpc) is 2.59. The minimum Gasteiger partial charge on any atom is -0.355 e. The van der Waals surface area contributed by atoms with Gasteiger partial charge in [-0.1, -0.05) is 47.5 Å². The van der Waals surface area contributed by atoms with Crippen molar-refractivity contribution in [1.29, 1.82) is 0 Å². The summed E-state index contributed by atoms with van der Waals surface area (Å²) in [6, 6.07) is 11.6. The van der Waals surface area contributed by atoms with Gasteiger partial charge in [0.05, 0.1) is 6.42 Å². The normalized spacial score (nSPS) is 11.7. The van der Waals surface area contributed by atoms with Gasteiger partial charge in [-0.05, 0) is 39.3 Å². The van der Waals surface area contributed by atoms with Gasteiger partial charge in [-0.3, -0.25) is 9.59 Å². The Morgan fingerprint density at radius 3 is 2.33 bits per heavy atom. The zero-order valence-corrected chi connectivity index (χ0v) is 16.4. The molecule has 0 radical (unpaired) electrons. The molecular formula is C22H27FN2O2. The van der Waals surface area contributed by atoms with Crippen molar-refractivity contribution in [3.63, 3.8) is 0 Å². The van der Waals surface area contributed by atoms with Crippen LogP contribution in [0.2, 0.25) is 0 Å². The molecule has 144 valence electrons. The van der Waals surface area contributed by atoms with E-state index in [2.05, 4.69) is 5.32 Å². The van der Waals surface area contributed by atoms with Crippen molar-refractivity contribution in [2.75, 3.05) is 6.54 Å². The molecule has 0 saturated heterocycles. The van der Waals surface area contributed by atoms with Gasteiger partial charge in [0, 0.05) is 18.7 Å². The number of carbonyl (C=O) groups is 2. The Labute approximate surface area is 160 Å². The third kappa shape index (κ3) is 5.64. The third-order valence-corrected chi connectivity index (χ3v) is 4.45. The van der Waals surface area contributed by atoms with E-state index in [9.17, 15) is 14.0 Å². The molecule has 0 bridgehead atoms. The maximum absolute atomic E-state index is 14.1. The summed E-state index contributed by atoms with van der Waals surface area (Å²) in [7, 11) is 0. The maximum atomic E-state index is 14.1. The molecule has 0 aliphatic heterocycles. The summed E-state index contributed by atoms with van der Waals surface area (Å²) in [5.74, 6) is -0.839. The molecule has 1 N–H and O–H groups in total. The van der Waals surface area contributed by atoms with Gasteiger partial charge in [-0.25, -0.2) is 4.39 Å². The van der Waals surface area contributed by atoms with Gasteiger partial charge in [-0.2, -0.15) is 0 Å². The molecular weight excluding hydrogens is 343 g/mol. The second kappa shape index (κ2) is 9.31. The van der Waals surface area contributed by atoms with Crippen molar-refractivity contribution in [2.45, 2.75) is 46.7 Å². The summed E-state index contributed by atoms with van der Waals surface area (Å²) in [6.07, 6.45) is 0.167. The van der Waals surface area contributed by atoms with E-state index in [-0.39, 0.29) is 30.6 Å². The highest BCUT2D eigenvalue weighted by Crippen LogP contribution is 2.16. The number of hydrogen-bond acceptors (Lipinski definition) is 2. The Balaban J connectivity index is 2.28. The molecule has 27 heavy (non-hydrogen) atoms. The van der Waals surface area contributed by atoms with Gasteiger partial charge in [0.2, 0.25) is 11.8 Å². The Bertz CT molecular complexity index is 799. The predicted octanol–water partition coefficient (Wildman–Crippen LogP) is 3.54. The first-order valence-electron chi connectivity index (χ1n) is 9.19. The number of hydrogen-bond donors (Lipinski definition) is 1. The van der Waals surface area contributed by atoms with E-state index < -0.39 is 6.04 Å². The number of nitrogens with zero attached hydrogens (tertiary/aromatic N) is 1. The van der Waals surface area contributed by atoms with Crippen LogP contribution in [0.4, 0.5) is 4.39 Å². The van der Waals surface area contributed by atoms with Crippen LogP contribution in [0, 0.1) is 19.7 Å². The van der Waals surface area contributed by atoms with E-state index in [1.54, 1.807) is 25.1 Å². The van der Waals surface area contributed by atoms with E-state index in [1.165, 1.54) is 11.0 Å². The van der Waals surface area contributed by atoms with Crippen LogP contribution in [-0.4, -0.2) is 29.3 Å². The Morgan fingerprint density at radius 2 is 1.74 bits per heavy atom. The summed E-state index contributed by atoms with van der Waals surface area (Å²) in [4.78, 5) is 26.8. The fraction of sp³-hybridized carbons (Fsp3) is 0.364. The van der Waals surface area contributed by atoms with Gasteiger partial charge >= 0.3 is 0 Å². The number of likely N-dealkylation sites (N-methyl/N-ethyl adjacent to an activating group) is 1. The fourth-order valence-corrected chi connectivity index (χ4v) is 3.16. The SMILES string of the molecule is CCNC(=O)[C@@H](C)N(Cc1ccccc1F)C(=O)Cc1cc(C)cc(C)c1. The molecule has 1 atom stereocenters. The molecule has 5 heteroatoms. The number of nitrogens with one attached hydrogen (secondary N) is 1. The average molecular weight is 370 g/mol. The van der Waals surface area contributed by atoms with Crippen molar-refractivity contribution in [3.8, 4) is 0 Å². The van der Waals surface area contributed by atoms with Gasteiger partial charge in [0.15, 0.2) is 0 Å². The number of halogens is 1. The first-order chi connectivity index (χ1) is 12.8. The number of carbonyl (C=O) groups excluding carboxylic acids is 2. The van der Waals surface area contributed by atoms with Gasteiger partial charge < -0.3 is 10.2 Å². The number of aryl methyl sites for hydroxylation is 2. The van der Waals surface area contributed by atoms with Crippen molar-refractivity contribution < 1.29 is 14.0 Å². The smallest absolute Gasteiger partial charge is 0.242 e. The van der Waals surface area contributed by atoms with Crippen LogP contribution in [0.15, 0.2) is 42.5 Å². The van der Waals surface area contributed by atoms with Crippen molar-refractivity contribution >= 4 is 11.8 Å². The topological polar surface area (TPSA) is 49.4 Å². The predicted molar refractivity (Wildman–Crippen MR) is 105 cm³/mol. The Hall–Kier alpha value is -2.69. The fourth-order valence-electron chi connectivity index (χ4n) is 3.16. The van der Waals surface area contributed by atoms with Crippen LogP contribution in [0.25, 0.3) is 0 Å². The van der Waals surface area contributed by atoms with Crippen molar-refractivity contribution in [2.24, 2.45) is 0 Å². The van der Waals surface area contributed by atoms with E-state index in [0.717, 1.165) is 16.7 Å². The van der Waals surface area contributed by atoms with Crippen LogP contribution >= 0.6 is 0 Å². The van der Waals surface area contributed by atoms with Gasteiger partial charge in [-0.15, -0.1) is 0 Å². The molecule has 2 aromatic carbocycles. The van der Waals surface area contributed by atoms with E-state index in [4.69, 9.17) is 0 Å². The minimum atomic E-state index is -0.692. The summed E-state index contributed by atoms with van der Waals surface area (Å²) >= 11 is 0. The Kier molecular flexibility index (Phi) is 7.11. The van der Waals surface area contributed by atoms with Crippen LogP contribution < -0.4 is 5.32 Å².